The summed E-state index contributed by atoms with van der Waals surface area (Å²) < 4.78 is 77.7. The molecule has 0 aliphatic carbocycles. The Hall–Kier alpha value is -2.95. The minimum absolute atomic E-state index is 0.0621. The maximum Gasteiger partial charge on any atom is 0.265 e. The van der Waals surface area contributed by atoms with Crippen LogP contribution in [0.1, 0.15) is 10.4 Å². The lowest BCUT2D eigenvalue weighted by Gasteiger charge is -2.13. The van der Waals surface area contributed by atoms with Crippen LogP contribution >= 0.6 is 0 Å². The summed E-state index contributed by atoms with van der Waals surface area (Å²) in [7, 11) is -2.22. The summed E-state index contributed by atoms with van der Waals surface area (Å²) in [6.45, 7) is 0. The SMILES string of the molecule is COc1cc(F)c(S(=O)(=O)Nc2cc(C(N)=O)c(F)cc2F)cc1OC. The van der Waals surface area contributed by atoms with Gasteiger partial charge >= 0.3 is 0 Å². The fourth-order valence-electron chi connectivity index (χ4n) is 2.06. The van der Waals surface area contributed by atoms with Gasteiger partial charge in [-0.1, -0.05) is 0 Å². The topological polar surface area (TPSA) is 108 Å². The average Bonchev–Trinajstić information content (AvgIpc) is 2.56. The quantitative estimate of drug-likeness (QED) is 0.785. The lowest BCUT2D eigenvalue weighted by atomic mass is 10.2. The molecule has 0 bridgehead atoms. The number of hydrogen-bond donors (Lipinski definition) is 2. The summed E-state index contributed by atoms with van der Waals surface area (Å²) in [6.07, 6.45) is 0. The van der Waals surface area contributed by atoms with Gasteiger partial charge in [-0.15, -0.1) is 0 Å². The number of anilines is 1. The maximum atomic E-state index is 14.1. The molecule has 0 fully saturated rings. The van der Waals surface area contributed by atoms with E-state index >= 15 is 0 Å². The summed E-state index contributed by atoms with van der Waals surface area (Å²) in [5.41, 5.74) is 3.41. The number of primary amides is 1. The normalized spacial score (nSPS) is 11.1. The first-order valence-electron chi connectivity index (χ1n) is 6.84. The van der Waals surface area contributed by atoms with Crippen LogP contribution in [0.4, 0.5) is 18.9 Å². The van der Waals surface area contributed by atoms with Crippen LogP contribution in [-0.4, -0.2) is 28.5 Å². The summed E-state index contributed by atoms with van der Waals surface area (Å²) in [5, 5.41) is 0. The van der Waals surface area contributed by atoms with Gasteiger partial charge in [0.25, 0.3) is 15.9 Å². The molecule has 0 atom stereocenters. The highest BCUT2D eigenvalue weighted by Gasteiger charge is 2.25. The second kappa shape index (κ2) is 7.12. The monoisotopic (exact) mass is 390 g/mol. The molecule has 0 radical (unpaired) electrons. The molecule has 3 N–H and O–H groups in total. The van der Waals surface area contributed by atoms with Gasteiger partial charge in [0, 0.05) is 18.2 Å². The van der Waals surface area contributed by atoms with Crippen LogP contribution in [0, 0.1) is 17.5 Å². The third-order valence-electron chi connectivity index (χ3n) is 3.29. The number of rotatable bonds is 6. The highest BCUT2D eigenvalue weighted by molar-refractivity contribution is 7.92. The molecule has 7 nitrogen and oxygen atoms in total. The predicted molar refractivity (Wildman–Crippen MR) is 85.2 cm³/mol. The fraction of sp³-hybridized carbons (Fsp3) is 0.133. The number of amides is 1. The van der Waals surface area contributed by atoms with Crippen molar-refractivity contribution in [1.29, 1.82) is 0 Å². The smallest absolute Gasteiger partial charge is 0.265 e. The van der Waals surface area contributed by atoms with Gasteiger partial charge in [0.1, 0.15) is 22.3 Å². The molecule has 11 heteroatoms. The Bertz CT molecular complexity index is 980. The highest BCUT2D eigenvalue weighted by Crippen LogP contribution is 2.33. The van der Waals surface area contributed by atoms with E-state index in [-0.39, 0.29) is 17.6 Å². The Balaban J connectivity index is 2.54. The van der Waals surface area contributed by atoms with Crippen molar-refractivity contribution in [3.05, 3.63) is 47.3 Å². The first-order valence-corrected chi connectivity index (χ1v) is 8.32. The van der Waals surface area contributed by atoms with E-state index in [1.54, 1.807) is 4.72 Å². The largest absolute Gasteiger partial charge is 0.493 e. The number of sulfonamides is 1. The first-order chi connectivity index (χ1) is 12.1. The summed E-state index contributed by atoms with van der Waals surface area (Å²) in [4.78, 5) is 10.2. The van der Waals surface area contributed by atoms with E-state index in [4.69, 9.17) is 15.2 Å². The van der Waals surface area contributed by atoms with Gasteiger partial charge in [-0.3, -0.25) is 9.52 Å². The zero-order chi connectivity index (χ0) is 19.6. The first kappa shape index (κ1) is 19.4. The third-order valence-corrected chi connectivity index (χ3v) is 4.67. The zero-order valence-electron chi connectivity index (χ0n) is 13.5. The van der Waals surface area contributed by atoms with Crippen LogP contribution in [0.5, 0.6) is 11.5 Å². The minimum Gasteiger partial charge on any atom is -0.493 e. The van der Waals surface area contributed by atoms with E-state index in [0.29, 0.717) is 6.07 Å². The fourth-order valence-corrected chi connectivity index (χ4v) is 3.19. The van der Waals surface area contributed by atoms with Crippen LogP contribution in [0.15, 0.2) is 29.2 Å². The number of methoxy groups -OCH3 is 2. The van der Waals surface area contributed by atoms with Gasteiger partial charge in [0.05, 0.1) is 25.5 Å². The number of nitrogens with two attached hydrogens (primary N) is 1. The van der Waals surface area contributed by atoms with Crippen molar-refractivity contribution in [3.8, 4) is 11.5 Å². The molecular weight excluding hydrogens is 377 g/mol. The molecule has 0 heterocycles. The van der Waals surface area contributed by atoms with Crippen molar-refractivity contribution in [1.82, 2.24) is 0 Å². The lowest BCUT2D eigenvalue weighted by molar-refractivity contribution is 0.0996. The molecule has 0 saturated carbocycles. The molecular formula is C15H13F3N2O5S. The molecule has 0 aliphatic rings. The maximum absolute atomic E-state index is 14.1. The van der Waals surface area contributed by atoms with E-state index in [1.165, 1.54) is 14.2 Å². The van der Waals surface area contributed by atoms with Crippen LogP contribution < -0.4 is 19.9 Å². The number of nitrogens with one attached hydrogen (secondary N) is 1. The summed E-state index contributed by atoms with van der Waals surface area (Å²) in [5.74, 6) is -5.18. The summed E-state index contributed by atoms with van der Waals surface area (Å²) in [6, 6.07) is 2.45. The van der Waals surface area contributed by atoms with Crippen LogP contribution in [0.2, 0.25) is 0 Å². The molecule has 0 unspecified atom stereocenters. The molecule has 1 amide bonds. The number of carbonyl (C=O) groups is 1. The molecule has 140 valence electrons. The standard InChI is InChI=1S/C15H13F3N2O5S/c1-24-12-5-10(18)14(6-13(12)25-2)26(22,23)20-11-3-7(15(19)21)8(16)4-9(11)17/h3-6,20H,1-2H3,(H2,19,21). The van der Waals surface area contributed by atoms with Gasteiger partial charge in [-0.25, -0.2) is 21.6 Å². The van der Waals surface area contributed by atoms with Crippen molar-refractivity contribution in [2.75, 3.05) is 18.9 Å². The number of carbonyl (C=O) groups excluding carboxylic acids is 1. The van der Waals surface area contributed by atoms with Crippen molar-refractivity contribution < 1.29 is 35.9 Å². The predicted octanol–water partition coefficient (Wildman–Crippen LogP) is 2.02. The lowest BCUT2D eigenvalue weighted by Crippen LogP contribution is -2.18. The number of halogens is 3. The van der Waals surface area contributed by atoms with E-state index < -0.39 is 49.5 Å². The van der Waals surface area contributed by atoms with Gasteiger partial charge in [-0.05, 0) is 6.07 Å². The summed E-state index contributed by atoms with van der Waals surface area (Å²) >= 11 is 0. The van der Waals surface area contributed by atoms with Crippen LogP contribution in [0.3, 0.4) is 0 Å². The van der Waals surface area contributed by atoms with Crippen LogP contribution in [-0.2, 0) is 10.0 Å². The van der Waals surface area contributed by atoms with E-state index in [1.807, 2.05) is 0 Å². The van der Waals surface area contributed by atoms with Gasteiger partial charge in [0.2, 0.25) is 0 Å². The molecule has 2 aromatic carbocycles. The van der Waals surface area contributed by atoms with E-state index in [9.17, 15) is 26.4 Å². The zero-order valence-corrected chi connectivity index (χ0v) is 14.3. The Morgan fingerprint density at radius 1 is 0.962 bits per heavy atom. The Morgan fingerprint density at radius 2 is 1.54 bits per heavy atom. The van der Waals surface area contributed by atoms with Crippen LogP contribution in [0.25, 0.3) is 0 Å². The van der Waals surface area contributed by atoms with Gasteiger partial charge in [0.15, 0.2) is 11.5 Å². The second-order valence-corrected chi connectivity index (χ2v) is 6.57. The molecule has 2 aromatic rings. The second-order valence-electron chi connectivity index (χ2n) is 4.92. The van der Waals surface area contributed by atoms with Crippen molar-refractivity contribution in [2.24, 2.45) is 5.73 Å². The number of ether oxygens (including phenoxy) is 2. The molecule has 26 heavy (non-hydrogen) atoms. The minimum atomic E-state index is -4.65. The Kier molecular flexibility index (Phi) is 5.30. The van der Waals surface area contributed by atoms with Crippen molar-refractivity contribution in [2.45, 2.75) is 4.90 Å². The Morgan fingerprint density at radius 3 is 2.08 bits per heavy atom. The van der Waals surface area contributed by atoms with E-state index in [0.717, 1.165) is 12.1 Å². The highest BCUT2D eigenvalue weighted by atomic mass is 32.2. The number of hydrogen-bond acceptors (Lipinski definition) is 5. The molecule has 2 rings (SSSR count). The van der Waals surface area contributed by atoms with Gasteiger partial charge in [-0.2, -0.15) is 0 Å². The Labute approximate surface area is 146 Å². The van der Waals surface area contributed by atoms with E-state index in [2.05, 4.69) is 0 Å². The average molecular weight is 390 g/mol. The molecule has 0 aromatic heterocycles. The van der Waals surface area contributed by atoms with Gasteiger partial charge < -0.3 is 15.2 Å². The van der Waals surface area contributed by atoms with Crippen molar-refractivity contribution in [3.63, 3.8) is 0 Å². The molecule has 0 spiro atoms. The molecule has 0 saturated heterocycles. The number of benzene rings is 2. The van der Waals surface area contributed by atoms with Crippen molar-refractivity contribution >= 4 is 21.6 Å². The molecule has 0 aliphatic heterocycles. The third kappa shape index (κ3) is 3.67.